The summed E-state index contributed by atoms with van der Waals surface area (Å²) in [4.78, 5) is 23.4. The summed E-state index contributed by atoms with van der Waals surface area (Å²) >= 11 is 0. The molecule has 0 aromatic carbocycles. The molecule has 1 aromatic rings. The van der Waals surface area contributed by atoms with Crippen molar-refractivity contribution in [2.24, 2.45) is 10.7 Å². The highest BCUT2D eigenvalue weighted by Gasteiger charge is 2.18. The van der Waals surface area contributed by atoms with Gasteiger partial charge in [0.05, 0.1) is 5.57 Å². The van der Waals surface area contributed by atoms with Crippen molar-refractivity contribution in [3.63, 3.8) is 0 Å². The summed E-state index contributed by atoms with van der Waals surface area (Å²) in [5.41, 5.74) is 5.32. The lowest BCUT2D eigenvalue weighted by Gasteiger charge is -2.19. The van der Waals surface area contributed by atoms with Crippen molar-refractivity contribution in [3.05, 3.63) is 24.2 Å². The average Bonchev–Trinajstić information content (AvgIpc) is 2.30. The first-order valence-electron chi connectivity index (χ1n) is 5.58. The zero-order chi connectivity index (χ0) is 14.5. The quantitative estimate of drug-likeness (QED) is 0.361. The SMILES string of the molecule is [B]c1cnc(/N=C/C(=C\N)C(=O)OC(C)(C)C)nc1. The van der Waals surface area contributed by atoms with Gasteiger partial charge in [-0.05, 0) is 20.8 Å². The van der Waals surface area contributed by atoms with Gasteiger partial charge in [-0.25, -0.2) is 19.8 Å². The second kappa shape index (κ2) is 6.13. The van der Waals surface area contributed by atoms with E-state index in [2.05, 4.69) is 15.0 Å². The van der Waals surface area contributed by atoms with E-state index in [1.165, 1.54) is 18.6 Å². The minimum absolute atomic E-state index is 0.121. The van der Waals surface area contributed by atoms with Crippen molar-refractivity contribution in [3.8, 4) is 0 Å². The van der Waals surface area contributed by atoms with E-state index in [1.807, 2.05) is 0 Å². The molecule has 1 rings (SSSR count). The van der Waals surface area contributed by atoms with Gasteiger partial charge in [-0.2, -0.15) is 0 Å². The maximum atomic E-state index is 11.7. The van der Waals surface area contributed by atoms with E-state index in [9.17, 15) is 4.79 Å². The van der Waals surface area contributed by atoms with Crippen LogP contribution >= 0.6 is 0 Å². The van der Waals surface area contributed by atoms with E-state index in [-0.39, 0.29) is 11.5 Å². The zero-order valence-corrected chi connectivity index (χ0v) is 11.1. The topological polar surface area (TPSA) is 90.5 Å². The number of hydrogen-bond acceptors (Lipinski definition) is 6. The fourth-order valence-corrected chi connectivity index (χ4v) is 1.03. The van der Waals surface area contributed by atoms with Gasteiger partial charge in [0.25, 0.3) is 0 Å². The van der Waals surface area contributed by atoms with Crippen LogP contribution in [0.25, 0.3) is 0 Å². The number of ether oxygens (including phenoxy) is 1. The van der Waals surface area contributed by atoms with Crippen LogP contribution in [-0.2, 0) is 9.53 Å². The summed E-state index contributed by atoms with van der Waals surface area (Å²) < 4.78 is 5.16. The first-order valence-corrected chi connectivity index (χ1v) is 5.58. The van der Waals surface area contributed by atoms with Gasteiger partial charge >= 0.3 is 5.97 Å². The van der Waals surface area contributed by atoms with Crippen LogP contribution < -0.4 is 11.2 Å². The molecule has 98 valence electrons. The van der Waals surface area contributed by atoms with Gasteiger partial charge in [0.1, 0.15) is 13.4 Å². The van der Waals surface area contributed by atoms with Crippen LogP contribution in [0.3, 0.4) is 0 Å². The molecule has 0 unspecified atom stereocenters. The van der Waals surface area contributed by atoms with E-state index in [4.69, 9.17) is 18.3 Å². The Morgan fingerprint density at radius 3 is 2.47 bits per heavy atom. The molecule has 0 aliphatic carbocycles. The highest BCUT2D eigenvalue weighted by molar-refractivity contribution is 6.31. The third-order valence-corrected chi connectivity index (χ3v) is 1.79. The van der Waals surface area contributed by atoms with Gasteiger partial charge in [-0.1, -0.05) is 5.46 Å². The molecule has 19 heavy (non-hydrogen) atoms. The lowest BCUT2D eigenvalue weighted by molar-refractivity contribution is -0.149. The Labute approximate surface area is 113 Å². The summed E-state index contributed by atoms with van der Waals surface area (Å²) in [6, 6.07) is 0. The number of nitrogens with zero attached hydrogens (tertiary/aromatic N) is 3. The standard InChI is InChI=1S/C12H15BN4O2/c1-12(2,3)19-10(18)8(4-14)5-15-11-16-6-9(13)7-17-11/h4-7H,14H2,1-3H3/b8-4+,15-5+. The number of rotatable bonds is 3. The maximum absolute atomic E-state index is 11.7. The number of carbonyl (C=O) groups excluding carboxylic acids is 1. The third-order valence-electron chi connectivity index (χ3n) is 1.79. The van der Waals surface area contributed by atoms with Crippen molar-refractivity contribution in [2.45, 2.75) is 26.4 Å². The van der Waals surface area contributed by atoms with Crippen LogP contribution in [0.15, 0.2) is 29.2 Å². The second-order valence-corrected chi connectivity index (χ2v) is 4.70. The van der Waals surface area contributed by atoms with Crippen LogP contribution in [-0.4, -0.2) is 35.6 Å². The van der Waals surface area contributed by atoms with Crippen molar-refractivity contribution in [1.29, 1.82) is 0 Å². The summed E-state index contributed by atoms with van der Waals surface area (Å²) in [6.07, 6.45) is 5.20. The largest absolute Gasteiger partial charge is 0.456 e. The number of esters is 1. The molecule has 0 bridgehead atoms. The van der Waals surface area contributed by atoms with Gasteiger partial charge < -0.3 is 10.5 Å². The number of aromatic nitrogens is 2. The van der Waals surface area contributed by atoms with Gasteiger partial charge in [0.15, 0.2) is 0 Å². The first kappa shape index (κ1) is 14.9. The average molecular weight is 258 g/mol. The van der Waals surface area contributed by atoms with E-state index < -0.39 is 11.6 Å². The summed E-state index contributed by atoms with van der Waals surface area (Å²) in [7, 11) is 5.44. The minimum Gasteiger partial charge on any atom is -0.456 e. The predicted molar refractivity (Wildman–Crippen MR) is 73.7 cm³/mol. The summed E-state index contributed by atoms with van der Waals surface area (Å²) in [5.74, 6) is -0.383. The minimum atomic E-state index is -0.600. The Hall–Kier alpha value is -2.18. The van der Waals surface area contributed by atoms with Gasteiger partial charge in [0.2, 0.25) is 5.95 Å². The molecular formula is C12H15BN4O2. The Morgan fingerprint density at radius 1 is 1.42 bits per heavy atom. The van der Waals surface area contributed by atoms with Crippen LogP contribution in [0.4, 0.5) is 5.95 Å². The lowest BCUT2D eigenvalue weighted by Crippen LogP contribution is -2.25. The fourth-order valence-electron chi connectivity index (χ4n) is 1.03. The fraction of sp³-hybridized carbons (Fsp3) is 0.333. The third kappa shape index (κ3) is 5.33. The highest BCUT2D eigenvalue weighted by atomic mass is 16.6. The number of hydrogen-bond donors (Lipinski definition) is 1. The van der Waals surface area contributed by atoms with Gasteiger partial charge in [-0.3, -0.25) is 0 Å². The molecule has 0 amide bonds. The Morgan fingerprint density at radius 2 is 2.00 bits per heavy atom. The molecule has 7 heteroatoms. The Balaban J connectivity index is 2.78. The molecule has 2 N–H and O–H groups in total. The van der Waals surface area contributed by atoms with E-state index in [0.29, 0.717) is 5.46 Å². The molecule has 0 spiro atoms. The molecule has 0 aliphatic rings. The van der Waals surface area contributed by atoms with Crippen LogP contribution in [0.2, 0.25) is 0 Å². The molecule has 1 aromatic heterocycles. The Kier molecular flexibility index (Phi) is 4.80. The maximum Gasteiger partial charge on any atom is 0.341 e. The smallest absolute Gasteiger partial charge is 0.341 e. The molecule has 0 atom stereocenters. The van der Waals surface area contributed by atoms with Crippen LogP contribution in [0.5, 0.6) is 0 Å². The molecule has 1 heterocycles. The van der Waals surface area contributed by atoms with Crippen LogP contribution in [0.1, 0.15) is 20.8 Å². The number of nitrogens with two attached hydrogens (primary N) is 1. The molecule has 2 radical (unpaired) electrons. The second-order valence-electron chi connectivity index (χ2n) is 4.70. The molecule has 0 saturated heterocycles. The first-order chi connectivity index (χ1) is 8.81. The molecular weight excluding hydrogens is 243 g/mol. The van der Waals surface area contributed by atoms with Gasteiger partial charge in [0, 0.05) is 24.8 Å². The molecule has 0 fully saturated rings. The van der Waals surface area contributed by atoms with E-state index in [0.717, 1.165) is 6.20 Å². The number of aliphatic imine (C=N–C) groups is 1. The van der Waals surface area contributed by atoms with Crippen molar-refractivity contribution in [2.75, 3.05) is 0 Å². The number of carbonyl (C=O) groups is 1. The van der Waals surface area contributed by atoms with Crippen LogP contribution in [0, 0.1) is 0 Å². The van der Waals surface area contributed by atoms with Crippen molar-refractivity contribution >= 4 is 31.4 Å². The molecule has 6 nitrogen and oxygen atoms in total. The van der Waals surface area contributed by atoms with Gasteiger partial charge in [-0.15, -0.1) is 0 Å². The predicted octanol–water partition coefficient (Wildman–Crippen LogP) is 0.157. The summed E-state index contributed by atoms with van der Waals surface area (Å²) in [6.45, 7) is 5.29. The lowest BCUT2D eigenvalue weighted by atomic mass is 10.0. The normalized spacial score (nSPS) is 12.7. The van der Waals surface area contributed by atoms with Crippen molar-refractivity contribution in [1.82, 2.24) is 9.97 Å². The summed E-state index contributed by atoms with van der Waals surface area (Å²) in [5, 5.41) is 0. The monoisotopic (exact) mass is 258 g/mol. The Bertz CT molecular complexity index is 503. The van der Waals surface area contributed by atoms with Crippen molar-refractivity contribution < 1.29 is 9.53 Å². The molecule has 0 saturated carbocycles. The zero-order valence-electron chi connectivity index (χ0n) is 11.1. The highest BCUT2D eigenvalue weighted by Crippen LogP contribution is 2.10. The molecule has 0 aliphatic heterocycles. The van der Waals surface area contributed by atoms with E-state index in [1.54, 1.807) is 20.8 Å². The van der Waals surface area contributed by atoms with E-state index >= 15 is 0 Å².